The molecule has 0 amide bonds. The lowest BCUT2D eigenvalue weighted by molar-refractivity contribution is 0.766. The number of aryl methyl sites for hydroxylation is 1. The van der Waals surface area contributed by atoms with Crippen molar-refractivity contribution >= 4 is 33.3 Å². The van der Waals surface area contributed by atoms with Crippen LogP contribution in [0.4, 0.5) is 0 Å². The molecule has 26 heavy (non-hydrogen) atoms. The van der Waals surface area contributed by atoms with Crippen LogP contribution in [-0.4, -0.2) is 19.6 Å². The Morgan fingerprint density at radius 3 is 2.54 bits per heavy atom. The highest BCUT2D eigenvalue weighted by molar-refractivity contribution is 9.10. The van der Waals surface area contributed by atoms with E-state index < -0.39 is 0 Å². The summed E-state index contributed by atoms with van der Waals surface area (Å²) >= 11 is 5.01. The molecule has 2 heterocycles. The summed E-state index contributed by atoms with van der Waals surface area (Å²) in [6.45, 7) is 2.04. The van der Waals surface area contributed by atoms with Gasteiger partial charge in [-0.15, -0.1) is 0 Å². The van der Waals surface area contributed by atoms with Gasteiger partial charge in [-0.3, -0.25) is 9.89 Å². The SMILES string of the molecule is Cc1ccc(-c2nc(SCc3ccc(Br)cc3)n3[nH]c(=O)cc3n2)cc1. The van der Waals surface area contributed by atoms with Gasteiger partial charge in [0.25, 0.3) is 5.56 Å². The molecule has 2 aromatic heterocycles. The standard InChI is InChI=1S/C19H15BrN4OS/c1-12-2-6-14(7-3-12)18-21-16-10-17(25)23-24(16)19(22-18)26-11-13-4-8-15(20)9-5-13/h2-10H,11H2,1H3,(H,23,25). The van der Waals surface area contributed by atoms with Crippen molar-refractivity contribution in [3.05, 3.63) is 80.6 Å². The van der Waals surface area contributed by atoms with Gasteiger partial charge in [0.15, 0.2) is 16.6 Å². The number of H-pyrrole nitrogens is 1. The molecular weight excluding hydrogens is 412 g/mol. The van der Waals surface area contributed by atoms with E-state index in [9.17, 15) is 4.79 Å². The van der Waals surface area contributed by atoms with Crippen LogP contribution in [0.2, 0.25) is 0 Å². The number of hydrogen-bond acceptors (Lipinski definition) is 4. The van der Waals surface area contributed by atoms with E-state index >= 15 is 0 Å². The van der Waals surface area contributed by atoms with Gasteiger partial charge in [0.2, 0.25) is 0 Å². The van der Waals surface area contributed by atoms with Crippen LogP contribution in [0.25, 0.3) is 17.0 Å². The van der Waals surface area contributed by atoms with E-state index in [1.54, 1.807) is 16.3 Å². The molecule has 5 nitrogen and oxygen atoms in total. The molecule has 4 rings (SSSR count). The number of fused-ring (bicyclic) bond motifs is 1. The third-order valence-corrected chi connectivity index (χ3v) is 5.45. The zero-order valence-electron chi connectivity index (χ0n) is 13.9. The first kappa shape index (κ1) is 17.1. The number of nitrogens with zero attached hydrogens (tertiary/aromatic N) is 3. The summed E-state index contributed by atoms with van der Waals surface area (Å²) in [4.78, 5) is 21.0. The minimum Gasteiger partial charge on any atom is -0.268 e. The number of aromatic amines is 1. The molecule has 0 aliphatic heterocycles. The summed E-state index contributed by atoms with van der Waals surface area (Å²) in [6.07, 6.45) is 0. The van der Waals surface area contributed by atoms with Crippen molar-refractivity contribution in [3.8, 4) is 11.4 Å². The van der Waals surface area contributed by atoms with Gasteiger partial charge in [0, 0.05) is 21.9 Å². The Labute approximate surface area is 162 Å². The van der Waals surface area contributed by atoms with Crippen molar-refractivity contribution in [1.29, 1.82) is 0 Å². The predicted molar refractivity (Wildman–Crippen MR) is 107 cm³/mol. The Bertz CT molecular complexity index is 1120. The fraction of sp³-hybridized carbons (Fsp3) is 0.105. The van der Waals surface area contributed by atoms with Crippen LogP contribution < -0.4 is 5.56 Å². The Morgan fingerprint density at radius 2 is 1.81 bits per heavy atom. The van der Waals surface area contributed by atoms with Gasteiger partial charge < -0.3 is 0 Å². The summed E-state index contributed by atoms with van der Waals surface area (Å²) in [5.41, 5.74) is 3.66. The smallest absolute Gasteiger partial charge is 0.266 e. The molecule has 0 saturated heterocycles. The lowest BCUT2D eigenvalue weighted by Gasteiger charge is -2.08. The molecule has 2 aromatic carbocycles. The van der Waals surface area contributed by atoms with Gasteiger partial charge in [0.05, 0.1) is 0 Å². The summed E-state index contributed by atoms with van der Waals surface area (Å²) in [5.74, 6) is 1.36. The monoisotopic (exact) mass is 426 g/mol. The van der Waals surface area contributed by atoms with Gasteiger partial charge in [-0.1, -0.05) is 69.7 Å². The highest BCUT2D eigenvalue weighted by atomic mass is 79.9. The predicted octanol–water partition coefficient (Wildman–Crippen LogP) is 4.45. The molecule has 0 saturated carbocycles. The second kappa shape index (κ2) is 7.09. The van der Waals surface area contributed by atoms with E-state index in [4.69, 9.17) is 0 Å². The number of rotatable bonds is 4. The van der Waals surface area contributed by atoms with Crippen molar-refractivity contribution in [2.75, 3.05) is 0 Å². The Balaban J connectivity index is 1.73. The van der Waals surface area contributed by atoms with Crippen LogP contribution >= 0.6 is 27.7 Å². The molecule has 0 aliphatic rings. The summed E-state index contributed by atoms with van der Waals surface area (Å²) in [7, 11) is 0. The van der Waals surface area contributed by atoms with E-state index in [2.05, 4.69) is 43.1 Å². The highest BCUT2D eigenvalue weighted by Crippen LogP contribution is 2.25. The fourth-order valence-electron chi connectivity index (χ4n) is 2.54. The zero-order chi connectivity index (χ0) is 18.1. The first-order chi connectivity index (χ1) is 12.6. The molecule has 0 unspecified atom stereocenters. The normalized spacial score (nSPS) is 11.2. The maximum atomic E-state index is 11.8. The van der Waals surface area contributed by atoms with Crippen LogP contribution in [0.3, 0.4) is 0 Å². The minimum absolute atomic E-state index is 0.189. The number of nitrogens with one attached hydrogen (secondary N) is 1. The molecule has 0 radical (unpaired) electrons. The number of halogens is 1. The van der Waals surface area contributed by atoms with Crippen molar-refractivity contribution in [2.45, 2.75) is 17.8 Å². The van der Waals surface area contributed by atoms with Crippen LogP contribution in [0.1, 0.15) is 11.1 Å². The summed E-state index contributed by atoms with van der Waals surface area (Å²) in [5, 5.41) is 3.47. The maximum Gasteiger partial charge on any atom is 0.266 e. The zero-order valence-corrected chi connectivity index (χ0v) is 16.3. The second-order valence-electron chi connectivity index (χ2n) is 5.92. The van der Waals surface area contributed by atoms with Gasteiger partial charge in [-0.2, -0.15) is 0 Å². The number of thioether (sulfide) groups is 1. The van der Waals surface area contributed by atoms with Crippen molar-refractivity contribution in [1.82, 2.24) is 19.6 Å². The quantitative estimate of drug-likeness (QED) is 0.489. The molecule has 0 aliphatic carbocycles. The second-order valence-corrected chi connectivity index (χ2v) is 7.78. The van der Waals surface area contributed by atoms with Crippen molar-refractivity contribution in [3.63, 3.8) is 0 Å². The molecule has 0 fully saturated rings. The van der Waals surface area contributed by atoms with Crippen LogP contribution in [0.15, 0.2) is 69.0 Å². The van der Waals surface area contributed by atoms with Crippen LogP contribution in [0, 0.1) is 6.92 Å². The molecular formula is C19H15BrN4OS. The summed E-state index contributed by atoms with van der Waals surface area (Å²) in [6, 6.07) is 17.7. The number of hydrogen-bond donors (Lipinski definition) is 1. The number of aromatic nitrogens is 4. The van der Waals surface area contributed by atoms with E-state index in [1.165, 1.54) is 17.2 Å². The largest absolute Gasteiger partial charge is 0.268 e. The van der Waals surface area contributed by atoms with Gasteiger partial charge in [-0.25, -0.2) is 14.5 Å². The van der Waals surface area contributed by atoms with E-state index in [0.29, 0.717) is 16.6 Å². The van der Waals surface area contributed by atoms with Gasteiger partial charge in [0.1, 0.15) is 0 Å². The first-order valence-corrected chi connectivity index (χ1v) is 9.80. The number of benzene rings is 2. The average molecular weight is 427 g/mol. The molecule has 0 atom stereocenters. The molecule has 0 bridgehead atoms. The average Bonchev–Trinajstić information content (AvgIpc) is 3.02. The van der Waals surface area contributed by atoms with Crippen LogP contribution in [-0.2, 0) is 5.75 Å². The molecule has 130 valence electrons. The fourth-order valence-corrected chi connectivity index (χ4v) is 3.71. The van der Waals surface area contributed by atoms with E-state index in [0.717, 1.165) is 15.8 Å². The summed E-state index contributed by atoms with van der Waals surface area (Å²) < 4.78 is 2.69. The highest BCUT2D eigenvalue weighted by Gasteiger charge is 2.11. The molecule has 4 aromatic rings. The van der Waals surface area contributed by atoms with Crippen molar-refractivity contribution in [2.24, 2.45) is 0 Å². The van der Waals surface area contributed by atoms with Gasteiger partial charge in [-0.05, 0) is 24.6 Å². The third kappa shape index (κ3) is 3.59. The maximum absolute atomic E-state index is 11.8. The van der Waals surface area contributed by atoms with Crippen LogP contribution in [0.5, 0.6) is 0 Å². The third-order valence-electron chi connectivity index (χ3n) is 3.92. The minimum atomic E-state index is -0.189. The Kier molecular flexibility index (Phi) is 4.65. The van der Waals surface area contributed by atoms with Crippen molar-refractivity contribution < 1.29 is 0 Å². The van der Waals surface area contributed by atoms with Gasteiger partial charge >= 0.3 is 0 Å². The molecule has 1 N–H and O–H groups in total. The first-order valence-electron chi connectivity index (χ1n) is 8.02. The van der Waals surface area contributed by atoms with E-state index in [-0.39, 0.29) is 5.56 Å². The lowest BCUT2D eigenvalue weighted by Crippen LogP contribution is -2.04. The Hall–Kier alpha value is -2.38. The lowest BCUT2D eigenvalue weighted by atomic mass is 10.1. The molecule has 7 heteroatoms. The molecule has 0 spiro atoms. The Morgan fingerprint density at radius 1 is 1.08 bits per heavy atom. The van der Waals surface area contributed by atoms with E-state index in [1.807, 2.05) is 43.3 Å². The topological polar surface area (TPSA) is 63.1 Å².